The van der Waals surface area contributed by atoms with Crippen LogP contribution in [0.3, 0.4) is 0 Å². The van der Waals surface area contributed by atoms with Crippen LogP contribution >= 0.6 is 11.6 Å². The molecule has 1 atom stereocenters. The van der Waals surface area contributed by atoms with E-state index < -0.39 is 0 Å². The SMILES string of the molecule is Cc1nn2c(N[C@@H](C)c3ccccc3)cc(C(C)(C)C)nc2c1-c1ccc(Cl)cc1. The van der Waals surface area contributed by atoms with Crippen molar-refractivity contribution in [2.45, 2.75) is 46.1 Å². The minimum Gasteiger partial charge on any atom is -0.363 e. The van der Waals surface area contributed by atoms with Gasteiger partial charge in [-0.15, -0.1) is 0 Å². The molecule has 0 saturated carbocycles. The topological polar surface area (TPSA) is 42.2 Å². The van der Waals surface area contributed by atoms with Gasteiger partial charge in [-0.2, -0.15) is 9.61 Å². The lowest BCUT2D eigenvalue weighted by Crippen LogP contribution is -2.17. The number of benzene rings is 2. The van der Waals surface area contributed by atoms with Crippen molar-refractivity contribution < 1.29 is 0 Å². The molecule has 0 spiro atoms. The molecule has 0 amide bonds. The van der Waals surface area contributed by atoms with E-state index in [1.54, 1.807) is 0 Å². The van der Waals surface area contributed by atoms with Gasteiger partial charge in [-0.3, -0.25) is 0 Å². The van der Waals surface area contributed by atoms with Crippen molar-refractivity contribution in [1.29, 1.82) is 0 Å². The first kappa shape index (κ1) is 20.4. The smallest absolute Gasteiger partial charge is 0.165 e. The lowest BCUT2D eigenvalue weighted by molar-refractivity contribution is 0.568. The average molecular weight is 419 g/mol. The first-order valence-corrected chi connectivity index (χ1v) is 10.6. The van der Waals surface area contributed by atoms with Gasteiger partial charge in [0.25, 0.3) is 0 Å². The summed E-state index contributed by atoms with van der Waals surface area (Å²) in [4.78, 5) is 5.03. The quantitative estimate of drug-likeness (QED) is 0.395. The molecule has 4 aromatic rings. The molecule has 2 heterocycles. The molecule has 2 aromatic heterocycles. The fourth-order valence-corrected chi connectivity index (χ4v) is 3.74. The number of rotatable bonds is 4. The van der Waals surface area contributed by atoms with Crippen molar-refractivity contribution >= 4 is 23.1 Å². The van der Waals surface area contributed by atoms with Crippen molar-refractivity contribution in [3.05, 3.63) is 82.6 Å². The predicted octanol–water partition coefficient (Wildman–Crippen LogP) is 6.83. The van der Waals surface area contributed by atoms with Crippen molar-refractivity contribution in [2.75, 3.05) is 5.32 Å². The van der Waals surface area contributed by atoms with Crippen LogP contribution < -0.4 is 5.32 Å². The summed E-state index contributed by atoms with van der Waals surface area (Å²) in [5.41, 5.74) is 6.04. The molecular weight excluding hydrogens is 392 g/mol. The molecule has 30 heavy (non-hydrogen) atoms. The molecule has 0 radical (unpaired) electrons. The zero-order valence-electron chi connectivity index (χ0n) is 18.1. The standard InChI is InChI=1S/C25H27ClN4/c1-16(18-9-7-6-8-10-18)27-22-15-21(25(3,4)5)28-24-23(17(2)29-30(22)24)19-11-13-20(26)14-12-19/h6-16,27H,1-5H3/t16-/m0/s1. The number of aromatic nitrogens is 3. The third-order valence-corrected chi connectivity index (χ3v) is 5.58. The molecule has 4 rings (SSSR count). The molecule has 0 aliphatic carbocycles. The molecule has 1 N–H and O–H groups in total. The second-order valence-corrected chi connectivity index (χ2v) is 9.19. The summed E-state index contributed by atoms with van der Waals surface area (Å²) in [6, 6.07) is 20.5. The summed E-state index contributed by atoms with van der Waals surface area (Å²) in [5, 5.41) is 9.21. The monoisotopic (exact) mass is 418 g/mol. The largest absolute Gasteiger partial charge is 0.363 e. The first-order chi connectivity index (χ1) is 14.2. The van der Waals surface area contributed by atoms with E-state index in [1.807, 2.05) is 41.8 Å². The van der Waals surface area contributed by atoms with E-state index in [9.17, 15) is 0 Å². The van der Waals surface area contributed by atoms with Crippen LogP contribution in [0.1, 0.15) is 50.7 Å². The number of halogens is 1. The Kier molecular flexibility index (Phi) is 5.29. The number of anilines is 1. The van der Waals surface area contributed by atoms with E-state index in [-0.39, 0.29) is 11.5 Å². The Morgan fingerprint density at radius 3 is 2.30 bits per heavy atom. The van der Waals surface area contributed by atoms with Crippen molar-refractivity contribution in [3.8, 4) is 11.1 Å². The van der Waals surface area contributed by atoms with Crippen LogP contribution in [0.2, 0.25) is 5.02 Å². The van der Waals surface area contributed by atoms with Crippen molar-refractivity contribution in [1.82, 2.24) is 14.6 Å². The number of hydrogen-bond donors (Lipinski definition) is 1. The van der Waals surface area contributed by atoms with Crippen molar-refractivity contribution in [3.63, 3.8) is 0 Å². The fourth-order valence-electron chi connectivity index (χ4n) is 3.61. The van der Waals surface area contributed by atoms with Crippen LogP contribution in [0.4, 0.5) is 5.82 Å². The van der Waals surface area contributed by atoms with Crippen LogP contribution in [-0.4, -0.2) is 14.6 Å². The molecule has 154 valence electrons. The third-order valence-electron chi connectivity index (χ3n) is 5.33. The average Bonchev–Trinajstić information content (AvgIpc) is 3.05. The molecule has 2 aromatic carbocycles. The third kappa shape index (κ3) is 3.92. The minimum absolute atomic E-state index is 0.0936. The van der Waals surface area contributed by atoms with Gasteiger partial charge in [-0.05, 0) is 37.1 Å². The van der Waals surface area contributed by atoms with Gasteiger partial charge in [0.05, 0.1) is 11.4 Å². The molecule has 0 fully saturated rings. The summed E-state index contributed by atoms with van der Waals surface area (Å²) in [6.07, 6.45) is 0. The highest BCUT2D eigenvalue weighted by Crippen LogP contribution is 2.33. The van der Waals surface area contributed by atoms with E-state index in [0.717, 1.165) is 39.0 Å². The van der Waals surface area contributed by atoms with E-state index in [2.05, 4.69) is 63.3 Å². The number of nitrogens with one attached hydrogen (secondary N) is 1. The number of hydrogen-bond acceptors (Lipinski definition) is 3. The van der Waals surface area contributed by atoms with Crippen LogP contribution in [0.5, 0.6) is 0 Å². The highest BCUT2D eigenvalue weighted by Gasteiger charge is 2.23. The van der Waals surface area contributed by atoms with E-state index in [0.29, 0.717) is 0 Å². The summed E-state index contributed by atoms with van der Waals surface area (Å²) in [5.74, 6) is 0.935. The normalized spacial score (nSPS) is 12.9. The van der Waals surface area contributed by atoms with Gasteiger partial charge in [0.1, 0.15) is 5.82 Å². The maximum Gasteiger partial charge on any atom is 0.165 e. The second kappa shape index (κ2) is 7.77. The van der Waals surface area contributed by atoms with E-state index in [4.69, 9.17) is 21.7 Å². The Bertz CT molecular complexity index is 1170. The van der Waals surface area contributed by atoms with Gasteiger partial charge in [-0.1, -0.05) is 74.8 Å². The zero-order chi connectivity index (χ0) is 21.5. The fraction of sp³-hybridized carbons (Fsp3) is 0.280. The summed E-state index contributed by atoms with van der Waals surface area (Å²) >= 11 is 6.11. The van der Waals surface area contributed by atoms with Gasteiger partial charge in [0.2, 0.25) is 0 Å². The summed E-state index contributed by atoms with van der Waals surface area (Å²) < 4.78 is 1.92. The maximum atomic E-state index is 6.11. The number of fused-ring (bicyclic) bond motifs is 1. The molecule has 5 heteroatoms. The van der Waals surface area contributed by atoms with Gasteiger partial charge in [0.15, 0.2) is 5.65 Å². The summed E-state index contributed by atoms with van der Waals surface area (Å²) in [6.45, 7) is 10.7. The van der Waals surface area contributed by atoms with Gasteiger partial charge in [0, 0.05) is 28.1 Å². The molecular formula is C25H27ClN4. The van der Waals surface area contributed by atoms with Gasteiger partial charge >= 0.3 is 0 Å². The maximum absolute atomic E-state index is 6.11. The Balaban J connectivity index is 1.89. The number of aryl methyl sites for hydroxylation is 1. The van der Waals surface area contributed by atoms with E-state index in [1.165, 1.54) is 5.56 Å². The van der Waals surface area contributed by atoms with Crippen LogP contribution in [0.15, 0.2) is 60.7 Å². The minimum atomic E-state index is -0.0936. The Morgan fingerprint density at radius 2 is 1.67 bits per heavy atom. The van der Waals surface area contributed by atoms with Crippen LogP contribution in [0, 0.1) is 6.92 Å². The molecule has 0 saturated heterocycles. The number of nitrogens with zero attached hydrogens (tertiary/aromatic N) is 3. The lowest BCUT2D eigenvalue weighted by atomic mass is 9.91. The van der Waals surface area contributed by atoms with Gasteiger partial charge in [-0.25, -0.2) is 4.98 Å². The second-order valence-electron chi connectivity index (χ2n) is 8.76. The Labute approximate surface area is 182 Å². The lowest BCUT2D eigenvalue weighted by Gasteiger charge is -2.22. The molecule has 0 aliphatic rings. The first-order valence-electron chi connectivity index (χ1n) is 10.2. The predicted molar refractivity (Wildman–Crippen MR) is 125 cm³/mol. The Hall–Kier alpha value is -2.85. The molecule has 0 bridgehead atoms. The molecule has 4 nitrogen and oxygen atoms in total. The van der Waals surface area contributed by atoms with Crippen LogP contribution in [-0.2, 0) is 5.41 Å². The highest BCUT2D eigenvalue weighted by atomic mass is 35.5. The zero-order valence-corrected chi connectivity index (χ0v) is 18.8. The molecule has 0 aliphatic heterocycles. The summed E-state index contributed by atoms with van der Waals surface area (Å²) in [7, 11) is 0. The van der Waals surface area contributed by atoms with Crippen LogP contribution in [0.25, 0.3) is 16.8 Å². The highest BCUT2D eigenvalue weighted by molar-refractivity contribution is 6.30. The Morgan fingerprint density at radius 1 is 1.00 bits per heavy atom. The van der Waals surface area contributed by atoms with Crippen molar-refractivity contribution in [2.24, 2.45) is 0 Å². The van der Waals surface area contributed by atoms with Gasteiger partial charge < -0.3 is 5.32 Å². The van der Waals surface area contributed by atoms with E-state index >= 15 is 0 Å². The molecule has 0 unspecified atom stereocenters.